The van der Waals surface area contributed by atoms with E-state index in [0.717, 1.165) is 4.57 Å². The Hall–Kier alpha value is -1.27. The van der Waals surface area contributed by atoms with E-state index in [-0.39, 0.29) is 0 Å². The van der Waals surface area contributed by atoms with Crippen LogP contribution >= 0.6 is 11.3 Å². The van der Waals surface area contributed by atoms with Crippen LogP contribution in [0.5, 0.6) is 0 Å². The van der Waals surface area contributed by atoms with Gasteiger partial charge in [0, 0.05) is 28.7 Å². The summed E-state index contributed by atoms with van der Waals surface area (Å²) < 4.78 is 26.0. The Morgan fingerprint density at radius 1 is 1.39 bits per heavy atom. The first-order valence-electron chi connectivity index (χ1n) is 5.64. The maximum absolute atomic E-state index is 12.6. The zero-order valence-electron chi connectivity index (χ0n) is 10.3. The SMILES string of the molecule is Cc1cc(CNCc2nccn2C(F)F)sc1C. The van der Waals surface area contributed by atoms with Gasteiger partial charge in [-0.1, -0.05) is 0 Å². The number of halogens is 2. The summed E-state index contributed by atoms with van der Waals surface area (Å²) in [4.78, 5) is 6.42. The lowest BCUT2D eigenvalue weighted by Gasteiger charge is -2.06. The summed E-state index contributed by atoms with van der Waals surface area (Å²) in [6, 6.07) is 2.12. The predicted molar refractivity (Wildman–Crippen MR) is 67.8 cm³/mol. The number of rotatable bonds is 5. The molecule has 0 atom stereocenters. The van der Waals surface area contributed by atoms with Crippen LogP contribution in [0.4, 0.5) is 8.78 Å². The normalized spacial score (nSPS) is 11.4. The van der Waals surface area contributed by atoms with E-state index in [0.29, 0.717) is 18.9 Å². The standard InChI is InChI=1S/C12H15F2N3S/c1-8-5-10(18-9(8)2)6-15-7-11-16-3-4-17(11)12(13)14/h3-5,12,15H,6-7H2,1-2H3. The maximum Gasteiger partial charge on any atom is 0.319 e. The van der Waals surface area contributed by atoms with Crippen LogP contribution in [-0.2, 0) is 13.1 Å². The molecule has 1 N–H and O–H groups in total. The average molecular weight is 271 g/mol. The van der Waals surface area contributed by atoms with E-state index in [1.165, 1.54) is 27.7 Å². The number of nitrogens with zero attached hydrogens (tertiary/aromatic N) is 2. The monoisotopic (exact) mass is 271 g/mol. The Kier molecular flexibility index (Phi) is 4.08. The number of aromatic nitrogens is 2. The molecular weight excluding hydrogens is 256 g/mol. The highest BCUT2D eigenvalue weighted by Crippen LogP contribution is 2.20. The van der Waals surface area contributed by atoms with E-state index in [1.54, 1.807) is 11.3 Å². The van der Waals surface area contributed by atoms with Gasteiger partial charge in [-0.05, 0) is 25.5 Å². The summed E-state index contributed by atoms with van der Waals surface area (Å²) in [6.45, 7) is 2.63. The highest BCUT2D eigenvalue weighted by atomic mass is 32.1. The molecule has 3 nitrogen and oxygen atoms in total. The van der Waals surface area contributed by atoms with Gasteiger partial charge in [0.25, 0.3) is 0 Å². The number of hydrogen-bond donors (Lipinski definition) is 1. The third-order valence-corrected chi connectivity index (χ3v) is 3.91. The minimum atomic E-state index is -2.53. The predicted octanol–water partition coefficient (Wildman–Crippen LogP) is 3.25. The summed E-state index contributed by atoms with van der Waals surface area (Å²) in [5.41, 5.74) is 1.27. The molecule has 2 rings (SSSR count). The van der Waals surface area contributed by atoms with E-state index < -0.39 is 6.55 Å². The number of thiophene rings is 1. The van der Waals surface area contributed by atoms with Gasteiger partial charge < -0.3 is 5.32 Å². The van der Waals surface area contributed by atoms with Gasteiger partial charge in [0.1, 0.15) is 5.82 Å². The van der Waals surface area contributed by atoms with Crippen LogP contribution in [-0.4, -0.2) is 9.55 Å². The highest BCUT2D eigenvalue weighted by molar-refractivity contribution is 7.12. The highest BCUT2D eigenvalue weighted by Gasteiger charge is 2.10. The number of hydrogen-bond acceptors (Lipinski definition) is 3. The number of aryl methyl sites for hydroxylation is 2. The smallest absolute Gasteiger partial charge is 0.305 e. The van der Waals surface area contributed by atoms with Crippen molar-refractivity contribution in [2.24, 2.45) is 0 Å². The minimum absolute atomic E-state index is 0.341. The van der Waals surface area contributed by atoms with Crippen molar-refractivity contribution in [1.29, 1.82) is 0 Å². The summed E-state index contributed by atoms with van der Waals surface area (Å²) in [7, 11) is 0. The Morgan fingerprint density at radius 2 is 2.17 bits per heavy atom. The van der Waals surface area contributed by atoms with Crippen LogP contribution in [0.2, 0.25) is 0 Å². The Morgan fingerprint density at radius 3 is 2.78 bits per heavy atom. The fourth-order valence-corrected chi connectivity index (χ4v) is 2.72. The van der Waals surface area contributed by atoms with Crippen molar-refractivity contribution in [2.45, 2.75) is 33.5 Å². The quantitative estimate of drug-likeness (QED) is 0.904. The largest absolute Gasteiger partial charge is 0.319 e. The van der Waals surface area contributed by atoms with Crippen molar-refractivity contribution >= 4 is 11.3 Å². The first-order valence-corrected chi connectivity index (χ1v) is 6.46. The van der Waals surface area contributed by atoms with E-state index in [9.17, 15) is 8.78 Å². The molecule has 2 heterocycles. The summed E-state index contributed by atoms with van der Waals surface area (Å²) in [6.07, 6.45) is 2.68. The molecule has 0 spiro atoms. The van der Waals surface area contributed by atoms with Crippen molar-refractivity contribution < 1.29 is 8.78 Å². The van der Waals surface area contributed by atoms with Gasteiger partial charge in [0.15, 0.2) is 0 Å². The molecule has 0 amide bonds. The van der Waals surface area contributed by atoms with Gasteiger partial charge in [-0.2, -0.15) is 8.78 Å². The van der Waals surface area contributed by atoms with Gasteiger partial charge in [-0.3, -0.25) is 4.57 Å². The minimum Gasteiger partial charge on any atom is -0.305 e. The third-order valence-electron chi connectivity index (χ3n) is 2.76. The zero-order chi connectivity index (χ0) is 13.1. The molecule has 0 fully saturated rings. The lowest BCUT2D eigenvalue weighted by atomic mass is 10.3. The second kappa shape index (κ2) is 5.58. The third kappa shape index (κ3) is 2.94. The molecule has 0 aromatic carbocycles. The molecular formula is C12H15F2N3S. The second-order valence-corrected chi connectivity index (χ2v) is 5.42. The van der Waals surface area contributed by atoms with E-state index in [2.05, 4.69) is 30.2 Å². The summed E-state index contributed by atoms with van der Waals surface area (Å²) >= 11 is 1.72. The molecule has 0 aliphatic carbocycles. The second-order valence-electron chi connectivity index (χ2n) is 4.08. The van der Waals surface area contributed by atoms with Crippen molar-refractivity contribution in [1.82, 2.24) is 14.9 Å². The van der Waals surface area contributed by atoms with Crippen LogP contribution in [0.3, 0.4) is 0 Å². The lowest BCUT2D eigenvalue weighted by molar-refractivity contribution is 0.0666. The molecule has 0 aliphatic rings. The van der Waals surface area contributed by atoms with Gasteiger partial charge in [0.05, 0.1) is 6.54 Å². The Balaban J connectivity index is 1.90. The fraction of sp³-hybridized carbons (Fsp3) is 0.417. The van der Waals surface area contributed by atoms with Crippen molar-refractivity contribution in [3.05, 3.63) is 39.6 Å². The molecule has 0 radical (unpaired) electrons. The summed E-state index contributed by atoms with van der Waals surface area (Å²) in [5, 5.41) is 3.13. The van der Waals surface area contributed by atoms with Crippen LogP contribution in [0.15, 0.2) is 18.5 Å². The van der Waals surface area contributed by atoms with E-state index in [4.69, 9.17) is 0 Å². The molecule has 6 heteroatoms. The molecule has 98 valence electrons. The van der Waals surface area contributed by atoms with Crippen molar-refractivity contribution in [2.75, 3.05) is 0 Å². The molecule has 18 heavy (non-hydrogen) atoms. The number of alkyl halides is 2. The molecule has 0 saturated carbocycles. The van der Waals surface area contributed by atoms with Crippen molar-refractivity contribution in [3.63, 3.8) is 0 Å². The summed E-state index contributed by atoms with van der Waals surface area (Å²) in [5.74, 6) is 0.356. The fourth-order valence-electron chi connectivity index (χ4n) is 1.69. The first kappa shape index (κ1) is 13.2. The molecule has 0 aliphatic heterocycles. The van der Waals surface area contributed by atoms with Crippen molar-refractivity contribution in [3.8, 4) is 0 Å². The number of nitrogens with one attached hydrogen (secondary N) is 1. The molecule has 0 unspecified atom stereocenters. The Bertz CT molecular complexity index is 500. The lowest BCUT2D eigenvalue weighted by Crippen LogP contribution is -2.16. The first-order chi connectivity index (χ1) is 8.58. The molecule has 0 bridgehead atoms. The van der Waals surface area contributed by atoms with E-state index >= 15 is 0 Å². The Labute approximate surface area is 108 Å². The zero-order valence-corrected chi connectivity index (χ0v) is 11.1. The van der Waals surface area contributed by atoms with E-state index in [1.807, 2.05) is 0 Å². The topological polar surface area (TPSA) is 29.9 Å². The maximum atomic E-state index is 12.6. The average Bonchev–Trinajstić information content (AvgIpc) is 2.87. The van der Waals surface area contributed by atoms with Crippen LogP contribution < -0.4 is 5.32 Å². The number of imidazole rings is 1. The van der Waals surface area contributed by atoms with Gasteiger partial charge in [0.2, 0.25) is 0 Å². The molecule has 0 saturated heterocycles. The van der Waals surface area contributed by atoms with Crippen LogP contribution in [0, 0.1) is 13.8 Å². The molecule has 2 aromatic rings. The van der Waals surface area contributed by atoms with Crippen LogP contribution in [0.25, 0.3) is 0 Å². The van der Waals surface area contributed by atoms with Gasteiger partial charge in [-0.15, -0.1) is 11.3 Å². The van der Waals surface area contributed by atoms with Gasteiger partial charge in [-0.25, -0.2) is 4.98 Å². The van der Waals surface area contributed by atoms with Crippen LogP contribution in [0.1, 0.15) is 27.7 Å². The van der Waals surface area contributed by atoms with Gasteiger partial charge >= 0.3 is 6.55 Å². The molecule has 2 aromatic heterocycles.